The van der Waals surface area contributed by atoms with Gasteiger partial charge in [0, 0.05) is 6.07 Å². The largest absolute Gasteiger partial charge is 0.464 e. The Morgan fingerprint density at radius 2 is 1.75 bits per heavy atom. The molecule has 2 aromatic carbocycles. The van der Waals surface area contributed by atoms with Crippen LogP contribution in [0, 0.1) is 0 Å². The number of rotatable bonds is 3. The zero-order valence-electron chi connectivity index (χ0n) is 11.2. The SMILES string of the molecule is CCOC(=O)C(O)c1ccccc1.c1cc2cc(c1)O2. The minimum Gasteiger partial charge on any atom is -0.464 e. The van der Waals surface area contributed by atoms with Crippen molar-refractivity contribution >= 4 is 5.97 Å². The van der Waals surface area contributed by atoms with Gasteiger partial charge in [0.1, 0.15) is 11.5 Å². The average Bonchev–Trinajstić information content (AvgIpc) is 2.48. The first-order valence-electron chi connectivity index (χ1n) is 6.38. The summed E-state index contributed by atoms with van der Waals surface area (Å²) < 4.78 is 9.68. The van der Waals surface area contributed by atoms with Crippen LogP contribution in [0.4, 0.5) is 0 Å². The van der Waals surface area contributed by atoms with Crippen LogP contribution in [0.15, 0.2) is 54.6 Å². The molecular formula is C16H16O4. The van der Waals surface area contributed by atoms with Gasteiger partial charge in [-0.2, -0.15) is 0 Å². The van der Waals surface area contributed by atoms with E-state index in [-0.39, 0.29) is 6.61 Å². The maximum atomic E-state index is 11.1. The Morgan fingerprint density at radius 1 is 1.15 bits per heavy atom. The highest BCUT2D eigenvalue weighted by Crippen LogP contribution is 2.32. The summed E-state index contributed by atoms with van der Waals surface area (Å²) >= 11 is 0. The number of aliphatic hydroxyl groups excluding tert-OH is 1. The van der Waals surface area contributed by atoms with Crippen LogP contribution in [0.2, 0.25) is 0 Å². The minimum absolute atomic E-state index is 0.280. The van der Waals surface area contributed by atoms with Crippen LogP contribution in [0.3, 0.4) is 0 Å². The predicted octanol–water partition coefficient (Wildman–Crippen LogP) is 3.08. The number of carbonyl (C=O) groups is 1. The van der Waals surface area contributed by atoms with E-state index in [0.29, 0.717) is 5.56 Å². The molecule has 0 radical (unpaired) electrons. The number of hydrogen-bond donors (Lipinski definition) is 1. The lowest BCUT2D eigenvalue weighted by molar-refractivity contribution is -0.153. The lowest BCUT2D eigenvalue weighted by atomic mass is 10.1. The van der Waals surface area contributed by atoms with Crippen LogP contribution in [-0.4, -0.2) is 17.7 Å². The van der Waals surface area contributed by atoms with E-state index in [1.165, 1.54) is 0 Å². The van der Waals surface area contributed by atoms with E-state index in [1.54, 1.807) is 31.2 Å². The molecule has 104 valence electrons. The van der Waals surface area contributed by atoms with E-state index < -0.39 is 12.1 Å². The number of aliphatic hydroxyl groups is 1. The van der Waals surface area contributed by atoms with Gasteiger partial charge in [0.15, 0.2) is 6.10 Å². The van der Waals surface area contributed by atoms with Crippen molar-refractivity contribution in [1.82, 2.24) is 0 Å². The Balaban J connectivity index is 0.000000173. The number of ether oxygens (including phenoxy) is 2. The summed E-state index contributed by atoms with van der Waals surface area (Å²) in [7, 11) is 0. The fourth-order valence-electron chi connectivity index (χ4n) is 1.67. The fourth-order valence-corrected chi connectivity index (χ4v) is 1.67. The summed E-state index contributed by atoms with van der Waals surface area (Å²) in [6.07, 6.45) is -1.17. The first-order chi connectivity index (χ1) is 9.70. The zero-order valence-corrected chi connectivity index (χ0v) is 11.2. The normalized spacial score (nSPS) is 12.1. The molecule has 2 bridgehead atoms. The molecule has 0 aromatic heterocycles. The van der Waals surface area contributed by atoms with E-state index in [1.807, 2.05) is 30.3 Å². The minimum atomic E-state index is -1.17. The van der Waals surface area contributed by atoms with E-state index in [2.05, 4.69) is 4.74 Å². The van der Waals surface area contributed by atoms with E-state index in [9.17, 15) is 9.90 Å². The van der Waals surface area contributed by atoms with Crippen molar-refractivity contribution < 1.29 is 19.4 Å². The third-order valence-corrected chi connectivity index (χ3v) is 2.67. The molecule has 2 aromatic rings. The third kappa shape index (κ3) is 3.59. The maximum Gasteiger partial charge on any atom is 0.339 e. The van der Waals surface area contributed by atoms with E-state index >= 15 is 0 Å². The van der Waals surface area contributed by atoms with Gasteiger partial charge < -0.3 is 14.6 Å². The topological polar surface area (TPSA) is 55.8 Å². The molecule has 4 heteroatoms. The fraction of sp³-hybridized carbons (Fsp3) is 0.188. The number of hydrogen-bond acceptors (Lipinski definition) is 4. The lowest BCUT2D eigenvalue weighted by Crippen LogP contribution is -2.15. The molecule has 0 saturated carbocycles. The van der Waals surface area contributed by atoms with Crippen LogP contribution < -0.4 is 4.74 Å². The molecule has 4 nitrogen and oxygen atoms in total. The number of carbonyl (C=O) groups excluding carboxylic acids is 1. The predicted molar refractivity (Wildman–Crippen MR) is 74.6 cm³/mol. The molecule has 1 unspecified atom stereocenters. The molecule has 2 aliphatic heterocycles. The molecule has 0 saturated heterocycles. The van der Waals surface area contributed by atoms with Crippen molar-refractivity contribution in [1.29, 1.82) is 0 Å². The van der Waals surface area contributed by atoms with Gasteiger partial charge in [0.2, 0.25) is 0 Å². The Kier molecular flexibility index (Phi) is 4.74. The first-order valence-corrected chi connectivity index (χ1v) is 6.38. The molecule has 1 atom stereocenters. The van der Waals surface area contributed by atoms with Crippen LogP contribution in [0.5, 0.6) is 11.5 Å². The highest BCUT2D eigenvalue weighted by atomic mass is 16.5. The maximum absolute atomic E-state index is 11.1. The van der Waals surface area contributed by atoms with Gasteiger partial charge in [-0.3, -0.25) is 0 Å². The highest BCUT2D eigenvalue weighted by Gasteiger charge is 2.17. The van der Waals surface area contributed by atoms with Gasteiger partial charge in [-0.25, -0.2) is 4.79 Å². The number of fused-ring (bicyclic) bond motifs is 2. The molecule has 0 amide bonds. The van der Waals surface area contributed by atoms with Crippen LogP contribution in [0.25, 0.3) is 0 Å². The standard InChI is InChI=1S/C10H12O3.C6H4O/c1-2-13-10(12)9(11)8-6-4-3-5-7-8;1-2-5-4-6(3-1)7-5/h3-7,9,11H,2H2,1H3;1-4H. The van der Waals surface area contributed by atoms with Gasteiger partial charge in [0.25, 0.3) is 0 Å². The van der Waals surface area contributed by atoms with Crippen molar-refractivity contribution in [3.8, 4) is 11.5 Å². The molecule has 2 aliphatic rings. The van der Waals surface area contributed by atoms with Crippen molar-refractivity contribution in [2.24, 2.45) is 0 Å². The van der Waals surface area contributed by atoms with Crippen molar-refractivity contribution in [3.63, 3.8) is 0 Å². The van der Waals surface area contributed by atoms with Gasteiger partial charge in [-0.15, -0.1) is 0 Å². The monoisotopic (exact) mass is 272 g/mol. The van der Waals surface area contributed by atoms with E-state index in [4.69, 9.17) is 4.74 Å². The molecule has 2 heterocycles. The second-order valence-electron chi connectivity index (χ2n) is 4.14. The van der Waals surface area contributed by atoms with Gasteiger partial charge in [-0.05, 0) is 24.6 Å². The first kappa shape index (κ1) is 14.1. The van der Waals surface area contributed by atoms with E-state index in [0.717, 1.165) is 11.5 Å². The summed E-state index contributed by atoms with van der Waals surface area (Å²) in [5.41, 5.74) is 0.556. The smallest absolute Gasteiger partial charge is 0.339 e. The molecule has 0 aliphatic carbocycles. The third-order valence-electron chi connectivity index (χ3n) is 2.67. The molecular weight excluding hydrogens is 256 g/mol. The summed E-state index contributed by atoms with van der Waals surface area (Å²) in [4.78, 5) is 11.1. The molecule has 4 rings (SSSR count). The Bertz CT molecular complexity index is 541. The summed E-state index contributed by atoms with van der Waals surface area (Å²) in [6, 6.07) is 16.6. The Labute approximate surface area is 117 Å². The lowest BCUT2D eigenvalue weighted by Gasteiger charge is -2.13. The molecule has 0 fully saturated rings. The van der Waals surface area contributed by atoms with Crippen LogP contribution in [0.1, 0.15) is 18.6 Å². The highest BCUT2D eigenvalue weighted by molar-refractivity contribution is 5.76. The van der Waals surface area contributed by atoms with Crippen molar-refractivity contribution in [3.05, 3.63) is 60.2 Å². The second-order valence-corrected chi connectivity index (χ2v) is 4.14. The average molecular weight is 272 g/mol. The van der Waals surface area contributed by atoms with Crippen molar-refractivity contribution in [2.45, 2.75) is 13.0 Å². The Morgan fingerprint density at radius 3 is 2.15 bits per heavy atom. The Hall–Kier alpha value is -2.33. The molecule has 0 spiro atoms. The van der Waals surface area contributed by atoms with Crippen LogP contribution >= 0.6 is 0 Å². The summed E-state index contributed by atoms with van der Waals surface area (Å²) in [5.74, 6) is 1.36. The van der Waals surface area contributed by atoms with Crippen LogP contribution in [-0.2, 0) is 9.53 Å². The van der Waals surface area contributed by atoms with Gasteiger partial charge >= 0.3 is 5.97 Å². The summed E-state index contributed by atoms with van der Waals surface area (Å²) in [6.45, 7) is 1.98. The van der Waals surface area contributed by atoms with Gasteiger partial charge in [-0.1, -0.05) is 36.4 Å². The van der Waals surface area contributed by atoms with Gasteiger partial charge in [0.05, 0.1) is 6.61 Å². The molecule has 20 heavy (non-hydrogen) atoms. The number of esters is 1. The quantitative estimate of drug-likeness (QED) is 0.744. The second kappa shape index (κ2) is 6.73. The summed E-state index contributed by atoms with van der Waals surface area (Å²) in [5, 5.41) is 9.45. The van der Waals surface area contributed by atoms with Crippen molar-refractivity contribution in [2.75, 3.05) is 6.61 Å². The molecule has 1 N–H and O–H groups in total. The zero-order chi connectivity index (χ0) is 14.4. The number of benzene rings is 2.